The first-order valence-corrected chi connectivity index (χ1v) is 11.1. The van der Waals surface area contributed by atoms with Crippen molar-refractivity contribution in [2.45, 2.75) is 0 Å². The number of esters is 1. The van der Waals surface area contributed by atoms with Crippen LogP contribution in [0.5, 0.6) is 5.75 Å². The third-order valence-corrected chi connectivity index (χ3v) is 5.05. The first kappa shape index (κ1) is 23.3. The smallest absolute Gasteiger partial charge is 0.336 e. The molecule has 0 aliphatic heterocycles. The number of carbonyl (C=O) groups excluding carboxylic acids is 2. The Hall–Kier alpha value is -4.83. The molecule has 0 fully saturated rings. The van der Waals surface area contributed by atoms with E-state index in [1.54, 1.807) is 60.8 Å². The molecule has 0 N–H and O–H groups in total. The van der Waals surface area contributed by atoms with Gasteiger partial charge in [-0.15, -0.1) is 0 Å². The van der Waals surface area contributed by atoms with Crippen molar-refractivity contribution in [2.24, 2.45) is 4.99 Å². The van der Waals surface area contributed by atoms with Crippen LogP contribution in [0.1, 0.15) is 27.0 Å². The van der Waals surface area contributed by atoms with E-state index in [-0.39, 0.29) is 5.78 Å². The molecule has 0 saturated carbocycles. The van der Waals surface area contributed by atoms with Crippen molar-refractivity contribution in [3.8, 4) is 5.75 Å². The third kappa shape index (κ3) is 7.34. The third-order valence-electron chi connectivity index (χ3n) is 5.05. The Morgan fingerprint density at radius 3 is 1.77 bits per heavy atom. The van der Waals surface area contributed by atoms with Crippen LogP contribution < -0.4 is 4.74 Å². The van der Waals surface area contributed by atoms with E-state index in [4.69, 9.17) is 4.74 Å². The number of benzene rings is 4. The number of hydrogen-bond donors (Lipinski definition) is 0. The molecule has 35 heavy (non-hydrogen) atoms. The van der Waals surface area contributed by atoms with Crippen molar-refractivity contribution in [1.82, 2.24) is 0 Å². The molecule has 0 amide bonds. The highest BCUT2D eigenvalue weighted by Gasteiger charge is 2.02. The fourth-order valence-electron chi connectivity index (χ4n) is 3.19. The Morgan fingerprint density at radius 1 is 0.600 bits per heavy atom. The topological polar surface area (TPSA) is 55.7 Å². The largest absolute Gasteiger partial charge is 0.423 e. The van der Waals surface area contributed by atoms with Gasteiger partial charge in [-0.25, -0.2) is 4.79 Å². The highest BCUT2D eigenvalue weighted by atomic mass is 16.5. The van der Waals surface area contributed by atoms with E-state index in [2.05, 4.69) is 4.99 Å². The molecule has 0 spiro atoms. The zero-order valence-electron chi connectivity index (χ0n) is 19.0. The maximum atomic E-state index is 12.4. The van der Waals surface area contributed by atoms with Gasteiger partial charge in [0, 0.05) is 17.9 Å². The monoisotopic (exact) mass is 457 g/mol. The van der Waals surface area contributed by atoms with Gasteiger partial charge in [-0.2, -0.15) is 0 Å². The zero-order chi connectivity index (χ0) is 24.3. The minimum Gasteiger partial charge on any atom is -0.423 e. The predicted octanol–water partition coefficient (Wildman–Crippen LogP) is 6.95. The summed E-state index contributed by atoms with van der Waals surface area (Å²) in [6.07, 6.45) is 8.19. The van der Waals surface area contributed by atoms with Crippen LogP contribution in [0.2, 0.25) is 0 Å². The van der Waals surface area contributed by atoms with Crippen LogP contribution in [0, 0.1) is 0 Å². The van der Waals surface area contributed by atoms with Crippen molar-refractivity contribution in [3.05, 3.63) is 144 Å². The molecule has 170 valence electrons. The van der Waals surface area contributed by atoms with E-state index in [0.717, 1.165) is 22.4 Å². The van der Waals surface area contributed by atoms with E-state index in [0.29, 0.717) is 11.3 Å². The Morgan fingerprint density at radius 2 is 1.17 bits per heavy atom. The van der Waals surface area contributed by atoms with Gasteiger partial charge < -0.3 is 4.74 Å². The van der Waals surface area contributed by atoms with Gasteiger partial charge in [0.15, 0.2) is 5.78 Å². The number of hydrogen-bond acceptors (Lipinski definition) is 4. The van der Waals surface area contributed by atoms with E-state index >= 15 is 0 Å². The Balaban J connectivity index is 1.31. The molecule has 4 rings (SSSR count). The van der Waals surface area contributed by atoms with E-state index < -0.39 is 5.97 Å². The van der Waals surface area contributed by atoms with Gasteiger partial charge >= 0.3 is 5.97 Å². The van der Waals surface area contributed by atoms with Gasteiger partial charge in [0.1, 0.15) is 5.75 Å². The SMILES string of the molecule is O=C(C=Cc1ccccc1)Oc1ccc(C=Nc2ccc(C(=O)C=Cc3ccccc3)cc2)cc1. The van der Waals surface area contributed by atoms with Crippen molar-refractivity contribution < 1.29 is 14.3 Å². The summed E-state index contributed by atoms with van der Waals surface area (Å²) in [5.41, 5.74) is 4.10. The van der Waals surface area contributed by atoms with Crippen LogP contribution in [-0.2, 0) is 4.79 Å². The number of ether oxygens (including phenoxy) is 1. The first-order valence-electron chi connectivity index (χ1n) is 11.1. The van der Waals surface area contributed by atoms with Crippen molar-refractivity contribution >= 4 is 35.8 Å². The average Bonchev–Trinajstić information content (AvgIpc) is 2.91. The summed E-state index contributed by atoms with van der Waals surface area (Å²) in [7, 11) is 0. The summed E-state index contributed by atoms with van der Waals surface area (Å²) in [4.78, 5) is 28.8. The molecule has 4 aromatic carbocycles. The van der Waals surface area contributed by atoms with Crippen LogP contribution in [0.15, 0.2) is 126 Å². The molecule has 0 atom stereocenters. The second-order valence-corrected chi connectivity index (χ2v) is 7.65. The highest BCUT2D eigenvalue weighted by molar-refractivity contribution is 6.07. The second-order valence-electron chi connectivity index (χ2n) is 7.65. The number of nitrogens with zero attached hydrogens (tertiary/aromatic N) is 1. The van der Waals surface area contributed by atoms with E-state index in [1.807, 2.05) is 72.8 Å². The number of aliphatic imine (C=N–C) groups is 1. The van der Waals surface area contributed by atoms with Gasteiger partial charge in [-0.1, -0.05) is 66.7 Å². The molecule has 0 unspecified atom stereocenters. The van der Waals surface area contributed by atoms with Gasteiger partial charge in [0.2, 0.25) is 0 Å². The Bertz CT molecular complexity index is 1350. The molecule has 0 radical (unpaired) electrons. The lowest BCUT2D eigenvalue weighted by molar-refractivity contribution is -0.128. The quantitative estimate of drug-likeness (QED) is 0.0945. The fourth-order valence-corrected chi connectivity index (χ4v) is 3.19. The number of ketones is 1. The standard InChI is InChI=1S/C31H23NO3/c33-30(21-13-24-7-3-1-4-8-24)27-15-17-28(18-16-27)32-23-26-11-19-29(20-12-26)35-31(34)22-14-25-9-5-2-6-10-25/h1-23H. The Kier molecular flexibility index (Phi) is 7.91. The van der Waals surface area contributed by atoms with Gasteiger partial charge in [0.05, 0.1) is 5.69 Å². The molecular formula is C31H23NO3. The van der Waals surface area contributed by atoms with E-state index in [1.165, 1.54) is 6.08 Å². The van der Waals surface area contributed by atoms with Crippen LogP contribution >= 0.6 is 0 Å². The lowest BCUT2D eigenvalue weighted by atomic mass is 10.1. The minimum atomic E-state index is -0.441. The minimum absolute atomic E-state index is 0.0619. The Labute approximate surface area is 204 Å². The number of carbonyl (C=O) groups is 2. The summed E-state index contributed by atoms with van der Waals surface area (Å²) in [5.74, 6) is -0.0482. The number of allylic oxidation sites excluding steroid dienone is 1. The second kappa shape index (κ2) is 11.9. The zero-order valence-corrected chi connectivity index (χ0v) is 19.0. The average molecular weight is 458 g/mol. The van der Waals surface area contributed by atoms with Crippen molar-refractivity contribution in [1.29, 1.82) is 0 Å². The molecule has 0 aliphatic carbocycles. The number of rotatable bonds is 8. The van der Waals surface area contributed by atoms with Crippen molar-refractivity contribution in [2.75, 3.05) is 0 Å². The van der Waals surface area contributed by atoms with Gasteiger partial charge in [0.25, 0.3) is 0 Å². The van der Waals surface area contributed by atoms with Crippen LogP contribution in [0.25, 0.3) is 12.2 Å². The summed E-state index contributed by atoms with van der Waals surface area (Å²) < 4.78 is 5.33. The molecular weight excluding hydrogens is 434 g/mol. The van der Waals surface area contributed by atoms with Gasteiger partial charge in [-0.05, 0) is 77.4 Å². The lowest BCUT2D eigenvalue weighted by Crippen LogP contribution is -2.03. The van der Waals surface area contributed by atoms with Crippen LogP contribution in [-0.4, -0.2) is 18.0 Å². The maximum absolute atomic E-state index is 12.4. The summed E-state index contributed by atoms with van der Waals surface area (Å²) >= 11 is 0. The summed E-state index contributed by atoms with van der Waals surface area (Å²) in [6.45, 7) is 0. The normalized spacial score (nSPS) is 11.3. The lowest BCUT2D eigenvalue weighted by Gasteiger charge is -2.02. The molecule has 0 heterocycles. The predicted molar refractivity (Wildman–Crippen MR) is 141 cm³/mol. The molecule has 0 saturated heterocycles. The maximum Gasteiger partial charge on any atom is 0.336 e. The molecule has 0 aliphatic rings. The molecule has 4 nitrogen and oxygen atoms in total. The summed E-state index contributed by atoms with van der Waals surface area (Å²) in [5, 5.41) is 0. The van der Waals surface area contributed by atoms with Gasteiger partial charge in [-0.3, -0.25) is 9.79 Å². The van der Waals surface area contributed by atoms with Crippen molar-refractivity contribution in [3.63, 3.8) is 0 Å². The summed E-state index contributed by atoms with van der Waals surface area (Å²) in [6, 6.07) is 33.4. The molecule has 4 heteroatoms. The van der Waals surface area contributed by atoms with Crippen LogP contribution in [0.4, 0.5) is 5.69 Å². The first-order chi connectivity index (χ1) is 17.2. The fraction of sp³-hybridized carbons (Fsp3) is 0. The van der Waals surface area contributed by atoms with Crippen LogP contribution in [0.3, 0.4) is 0 Å². The molecule has 4 aromatic rings. The molecule has 0 bridgehead atoms. The molecule has 0 aromatic heterocycles. The van der Waals surface area contributed by atoms with E-state index in [9.17, 15) is 9.59 Å². The highest BCUT2D eigenvalue weighted by Crippen LogP contribution is 2.16.